The van der Waals surface area contributed by atoms with Crippen LogP contribution in [0.3, 0.4) is 0 Å². The highest BCUT2D eigenvalue weighted by Crippen LogP contribution is 2.57. The van der Waals surface area contributed by atoms with Crippen molar-refractivity contribution in [2.45, 2.75) is 59.7 Å². The summed E-state index contributed by atoms with van der Waals surface area (Å²) in [5.41, 5.74) is 0. The predicted octanol–water partition coefficient (Wildman–Crippen LogP) is 3.53. The summed E-state index contributed by atoms with van der Waals surface area (Å²) in [5.74, 6) is 0. The van der Waals surface area contributed by atoms with Gasteiger partial charge in [-0.25, -0.2) is 14.0 Å². The smallest absolute Gasteiger partial charge is 0.165 e. The fraction of sp³-hybridized carbons (Fsp3) is 1.00. The monoisotopic (exact) mass is 262 g/mol. The second-order valence-electron chi connectivity index (χ2n) is 5.57. The van der Waals surface area contributed by atoms with E-state index in [2.05, 4.69) is 76.7 Å². The maximum Gasteiger partial charge on any atom is 0.165 e. The fourth-order valence-corrected chi connectivity index (χ4v) is 4.90. The summed E-state index contributed by atoms with van der Waals surface area (Å²) < 4.78 is 6.65. The molecule has 0 aromatic rings. The zero-order valence-corrected chi connectivity index (χ0v) is 13.9. The first-order valence-electron chi connectivity index (χ1n) is 6.40. The minimum atomic E-state index is -2.16. The average molecular weight is 262 g/mol. The molecule has 0 aliphatic heterocycles. The Bertz CT molecular complexity index is 233. The minimum Gasteiger partial charge on any atom is -0.277 e. The molecule has 0 bridgehead atoms. The third-order valence-electron chi connectivity index (χ3n) is 3.56. The lowest BCUT2D eigenvalue weighted by atomic mass is 10.4. The van der Waals surface area contributed by atoms with Crippen LogP contribution in [0.1, 0.15) is 41.5 Å². The van der Waals surface area contributed by atoms with Crippen molar-refractivity contribution >= 4 is 7.51 Å². The summed E-state index contributed by atoms with van der Waals surface area (Å²) >= 11 is 0. The van der Waals surface area contributed by atoms with Gasteiger partial charge in [-0.05, 0) is 62.7 Å². The van der Waals surface area contributed by atoms with Gasteiger partial charge in [0.25, 0.3) is 0 Å². The minimum absolute atomic E-state index is 0.378. The Morgan fingerprint density at radius 1 is 0.647 bits per heavy atom. The molecule has 0 saturated heterocycles. The molecular weight excluding hydrogens is 231 g/mol. The van der Waals surface area contributed by atoms with E-state index >= 15 is 0 Å². The van der Waals surface area contributed by atoms with E-state index in [-0.39, 0.29) is 0 Å². The van der Waals surface area contributed by atoms with Crippen molar-refractivity contribution in [2.75, 3.05) is 21.1 Å². The molecule has 0 aliphatic rings. The van der Waals surface area contributed by atoms with E-state index < -0.39 is 7.51 Å². The Balaban J connectivity index is 5.44. The second-order valence-corrected chi connectivity index (χ2v) is 8.60. The molecule has 0 saturated carbocycles. The van der Waals surface area contributed by atoms with Crippen LogP contribution in [0, 0.1) is 5.16 Å². The lowest BCUT2D eigenvalue weighted by Gasteiger charge is -2.48. The molecule has 0 heterocycles. The molecule has 4 nitrogen and oxygen atoms in total. The maximum atomic E-state index is 9.02. The summed E-state index contributed by atoms with van der Waals surface area (Å²) in [6, 6.07) is 1.13. The van der Waals surface area contributed by atoms with Gasteiger partial charge in [0.1, 0.15) is 0 Å². The first-order valence-corrected chi connectivity index (χ1v) is 8.05. The van der Waals surface area contributed by atoms with Crippen LogP contribution in [0.5, 0.6) is 0 Å². The molecule has 0 amide bonds. The van der Waals surface area contributed by atoms with Crippen LogP contribution >= 0.6 is 7.51 Å². The molecule has 104 valence electrons. The van der Waals surface area contributed by atoms with Crippen molar-refractivity contribution in [3.8, 4) is 0 Å². The lowest BCUT2D eigenvalue weighted by molar-refractivity contribution is 0.300. The standard InChI is InChI=1S/C12H31N4P/c1-10(2)14(7)17(13,15(8)11(3)4)16(9)12(5)6/h10-13H,1-9H3. The number of nitrogens with one attached hydrogen (secondary N) is 1. The van der Waals surface area contributed by atoms with Crippen molar-refractivity contribution < 1.29 is 0 Å². The maximum absolute atomic E-state index is 9.02. The van der Waals surface area contributed by atoms with Gasteiger partial charge in [-0.2, -0.15) is 0 Å². The normalized spacial score (nSPS) is 14.1. The summed E-state index contributed by atoms with van der Waals surface area (Å²) in [6.45, 7) is 13.0. The van der Waals surface area contributed by atoms with E-state index in [1.54, 1.807) is 0 Å². The molecule has 1 N–H and O–H groups in total. The van der Waals surface area contributed by atoms with E-state index in [0.29, 0.717) is 18.1 Å². The second kappa shape index (κ2) is 6.33. The topological polar surface area (TPSA) is 33.6 Å². The van der Waals surface area contributed by atoms with Crippen LogP contribution in [0.2, 0.25) is 0 Å². The van der Waals surface area contributed by atoms with Gasteiger partial charge >= 0.3 is 0 Å². The molecule has 17 heavy (non-hydrogen) atoms. The molecule has 0 aliphatic carbocycles. The first-order chi connectivity index (χ1) is 7.56. The van der Waals surface area contributed by atoms with Crippen LogP contribution < -0.4 is 0 Å². The Kier molecular flexibility index (Phi) is 6.37. The average Bonchev–Trinajstić information content (AvgIpc) is 2.24. The van der Waals surface area contributed by atoms with E-state index in [0.717, 1.165) is 0 Å². The molecule has 0 aromatic heterocycles. The Morgan fingerprint density at radius 2 is 0.824 bits per heavy atom. The van der Waals surface area contributed by atoms with Gasteiger partial charge in [0.2, 0.25) is 0 Å². The summed E-state index contributed by atoms with van der Waals surface area (Å²) in [4.78, 5) is 0. The molecule has 0 unspecified atom stereocenters. The van der Waals surface area contributed by atoms with Gasteiger partial charge < -0.3 is 0 Å². The quantitative estimate of drug-likeness (QED) is 0.743. The van der Waals surface area contributed by atoms with Crippen LogP contribution in [0.25, 0.3) is 0 Å². The zero-order valence-electron chi connectivity index (χ0n) is 13.0. The lowest BCUT2D eigenvalue weighted by Crippen LogP contribution is -2.43. The summed E-state index contributed by atoms with van der Waals surface area (Å²) in [5, 5.41) is 9.02. The first kappa shape index (κ1) is 17.1. The fourth-order valence-electron chi connectivity index (χ4n) is 1.63. The number of rotatable bonds is 6. The van der Waals surface area contributed by atoms with Crippen molar-refractivity contribution in [1.82, 2.24) is 14.0 Å². The van der Waals surface area contributed by atoms with Crippen LogP contribution in [-0.4, -0.2) is 53.3 Å². The molecule has 0 aromatic carbocycles. The van der Waals surface area contributed by atoms with Gasteiger partial charge in [-0.1, -0.05) is 0 Å². The van der Waals surface area contributed by atoms with E-state index in [1.807, 2.05) is 0 Å². The molecule has 0 spiro atoms. The van der Waals surface area contributed by atoms with E-state index in [9.17, 15) is 0 Å². The Morgan fingerprint density at radius 3 is 0.941 bits per heavy atom. The van der Waals surface area contributed by atoms with Crippen molar-refractivity contribution in [1.29, 1.82) is 5.16 Å². The van der Waals surface area contributed by atoms with Crippen molar-refractivity contribution in [3.63, 3.8) is 0 Å². The molecular formula is C12H31N4P. The SMILES string of the molecule is CC(C)N(C)P(=N)(N(C)C(C)C)N(C)C(C)C. The van der Waals surface area contributed by atoms with E-state index in [4.69, 9.17) is 5.16 Å². The largest absolute Gasteiger partial charge is 0.277 e. The highest BCUT2D eigenvalue weighted by atomic mass is 31.2. The van der Waals surface area contributed by atoms with Gasteiger partial charge in [-0.3, -0.25) is 5.16 Å². The number of hydrogen-bond donors (Lipinski definition) is 1. The summed E-state index contributed by atoms with van der Waals surface area (Å²) in [6.07, 6.45) is 0. The molecule has 0 atom stereocenters. The molecule has 0 fully saturated rings. The van der Waals surface area contributed by atoms with Gasteiger partial charge in [0.15, 0.2) is 7.51 Å². The van der Waals surface area contributed by atoms with Crippen molar-refractivity contribution in [3.05, 3.63) is 0 Å². The van der Waals surface area contributed by atoms with E-state index in [1.165, 1.54) is 0 Å². The molecule has 0 radical (unpaired) electrons. The molecule has 0 rings (SSSR count). The van der Waals surface area contributed by atoms with Crippen molar-refractivity contribution in [2.24, 2.45) is 0 Å². The third kappa shape index (κ3) is 3.54. The van der Waals surface area contributed by atoms with Crippen LogP contribution in [0.4, 0.5) is 0 Å². The molecule has 5 heteroatoms. The number of nitrogens with zero attached hydrogens (tertiary/aromatic N) is 3. The van der Waals surface area contributed by atoms with Gasteiger partial charge in [0, 0.05) is 18.1 Å². The number of hydrogen-bond acceptors (Lipinski definition) is 1. The zero-order chi connectivity index (χ0) is 14.0. The highest BCUT2D eigenvalue weighted by molar-refractivity contribution is 7.57. The Hall–Kier alpha value is 0.110. The summed E-state index contributed by atoms with van der Waals surface area (Å²) in [7, 11) is 4.06. The van der Waals surface area contributed by atoms with Crippen LogP contribution in [-0.2, 0) is 0 Å². The highest BCUT2D eigenvalue weighted by Gasteiger charge is 2.36. The van der Waals surface area contributed by atoms with Gasteiger partial charge in [0.05, 0.1) is 0 Å². The Labute approximate surface area is 108 Å². The predicted molar refractivity (Wildman–Crippen MR) is 78.3 cm³/mol. The third-order valence-corrected chi connectivity index (χ3v) is 7.59. The van der Waals surface area contributed by atoms with Gasteiger partial charge in [-0.15, -0.1) is 0 Å². The van der Waals surface area contributed by atoms with Crippen LogP contribution in [0.15, 0.2) is 0 Å².